The minimum Gasteiger partial charge on any atom is -0.481 e. The van der Waals surface area contributed by atoms with Crippen molar-refractivity contribution in [1.82, 2.24) is 15.2 Å². The third kappa shape index (κ3) is 5.09. The molecule has 2 rings (SSSR count). The molecule has 0 saturated heterocycles. The summed E-state index contributed by atoms with van der Waals surface area (Å²) < 4.78 is 1.80. The first kappa shape index (κ1) is 15.2. The molecule has 19 heavy (non-hydrogen) atoms. The van der Waals surface area contributed by atoms with Crippen LogP contribution < -0.4 is 4.57 Å². The van der Waals surface area contributed by atoms with Crippen molar-refractivity contribution >= 4 is 21.9 Å². The van der Waals surface area contributed by atoms with Crippen LogP contribution in [-0.2, 0) is 11.3 Å². The van der Waals surface area contributed by atoms with Gasteiger partial charge in [0.1, 0.15) is 6.42 Å². The molecule has 0 aliphatic rings. The van der Waals surface area contributed by atoms with Gasteiger partial charge in [0.15, 0.2) is 24.8 Å². The Bertz CT molecular complexity index is 505. The molecule has 0 amide bonds. The van der Waals surface area contributed by atoms with Crippen molar-refractivity contribution in [3.63, 3.8) is 0 Å². The van der Waals surface area contributed by atoms with Crippen LogP contribution in [0.25, 0.3) is 11.4 Å². The molecule has 2 heterocycles. The van der Waals surface area contributed by atoms with Gasteiger partial charge >= 0.3 is 5.97 Å². The second kappa shape index (κ2) is 8.25. The van der Waals surface area contributed by atoms with Crippen molar-refractivity contribution in [3.8, 4) is 11.4 Å². The summed E-state index contributed by atoms with van der Waals surface area (Å²) >= 11 is 2.94. The molecule has 2 aromatic rings. The van der Waals surface area contributed by atoms with Crippen molar-refractivity contribution in [2.75, 3.05) is 5.83 Å². The van der Waals surface area contributed by atoms with E-state index in [4.69, 9.17) is 5.11 Å². The van der Waals surface area contributed by atoms with E-state index in [-0.39, 0.29) is 6.42 Å². The predicted octanol–water partition coefficient (Wildman–Crippen LogP) is 1.31. The monoisotopic (exact) mass is 325 g/mol. The molecule has 7 heteroatoms. The Labute approximate surface area is 119 Å². The van der Waals surface area contributed by atoms with Crippen molar-refractivity contribution in [3.05, 3.63) is 36.9 Å². The highest BCUT2D eigenvalue weighted by Gasteiger charge is 2.06. The van der Waals surface area contributed by atoms with Gasteiger partial charge in [0.25, 0.3) is 0 Å². The first-order valence-corrected chi connectivity index (χ1v) is 7.07. The lowest BCUT2D eigenvalue weighted by Crippen LogP contribution is -2.33. The largest absolute Gasteiger partial charge is 0.481 e. The minimum atomic E-state index is -0.808. The van der Waals surface area contributed by atoms with Gasteiger partial charge in [-0.1, -0.05) is 15.9 Å². The first-order valence-electron chi connectivity index (χ1n) is 5.48. The van der Waals surface area contributed by atoms with E-state index in [0.29, 0.717) is 12.4 Å². The highest BCUT2D eigenvalue weighted by molar-refractivity contribution is 9.08. The summed E-state index contributed by atoms with van der Waals surface area (Å²) in [5.74, 6) is 1.56. The Balaban J connectivity index is 0.000000861. The van der Waals surface area contributed by atoms with Crippen LogP contribution in [0.1, 0.15) is 6.42 Å². The second-order valence-electron chi connectivity index (χ2n) is 3.43. The summed E-state index contributed by atoms with van der Waals surface area (Å²) in [5.41, 5.74) is 0.852. The van der Waals surface area contributed by atoms with Crippen LogP contribution in [0, 0.1) is 0 Å². The molecular formula is C12H14BrN4O2+. The number of hydrogen-bond acceptors (Lipinski definition) is 4. The molecular weight excluding hydrogens is 312 g/mol. The Hall–Kier alpha value is -1.89. The number of aliphatic carboxylic acids is 1. The smallest absolute Gasteiger partial charge is 0.309 e. The molecule has 2 aromatic heterocycles. The van der Waals surface area contributed by atoms with Gasteiger partial charge in [0, 0.05) is 23.9 Å². The average molecular weight is 326 g/mol. The van der Waals surface area contributed by atoms with Gasteiger partial charge in [-0.3, -0.25) is 4.79 Å². The van der Waals surface area contributed by atoms with E-state index in [9.17, 15) is 4.79 Å². The summed E-state index contributed by atoms with van der Waals surface area (Å²) in [5, 5.41) is 16.2. The van der Waals surface area contributed by atoms with Gasteiger partial charge in [0.2, 0.25) is 0 Å². The van der Waals surface area contributed by atoms with Crippen LogP contribution in [0.2, 0.25) is 0 Å². The van der Waals surface area contributed by atoms with Crippen LogP contribution >= 0.6 is 15.9 Å². The van der Waals surface area contributed by atoms with Crippen LogP contribution in [0.15, 0.2) is 36.9 Å². The SMILES string of the molecule is CBr.O=C(O)CC[n+]1ccc(-c2nccnn2)cc1. The molecule has 0 spiro atoms. The van der Waals surface area contributed by atoms with Gasteiger partial charge in [-0.05, 0) is 5.83 Å². The molecule has 0 aromatic carbocycles. The van der Waals surface area contributed by atoms with E-state index in [1.807, 2.05) is 18.0 Å². The van der Waals surface area contributed by atoms with Crippen LogP contribution in [-0.4, -0.2) is 32.1 Å². The van der Waals surface area contributed by atoms with Crippen LogP contribution in [0.4, 0.5) is 0 Å². The van der Waals surface area contributed by atoms with E-state index in [2.05, 4.69) is 31.1 Å². The number of nitrogens with zero attached hydrogens (tertiary/aromatic N) is 4. The zero-order chi connectivity index (χ0) is 14.1. The van der Waals surface area contributed by atoms with Crippen molar-refractivity contribution in [2.24, 2.45) is 0 Å². The fraction of sp³-hybridized carbons (Fsp3) is 0.250. The molecule has 0 aliphatic heterocycles. The molecule has 0 atom stereocenters. The lowest BCUT2D eigenvalue weighted by atomic mass is 10.2. The zero-order valence-corrected chi connectivity index (χ0v) is 12.0. The Kier molecular flexibility index (Phi) is 6.59. The van der Waals surface area contributed by atoms with Gasteiger partial charge in [0.05, 0.1) is 6.20 Å². The normalized spacial score (nSPS) is 9.37. The Morgan fingerprint density at radius 1 is 1.32 bits per heavy atom. The number of hydrogen-bond donors (Lipinski definition) is 1. The lowest BCUT2D eigenvalue weighted by molar-refractivity contribution is -0.695. The number of alkyl halides is 1. The Morgan fingerprint density at radius 2 is 2.00 bits per heavy atom. The topological polar surface area (TPSA) is 79.9 Å². The van der Waals surface area contributed by atoms with Gasteiger partial charge in [-0.25, -0.2) is 9.55 Å². The van der Waals surface area contributed by atoms with E-state index in [1.165, 1.54) is 6.20 Å². The standard InChI is InChI=1S/C11H10N4O2.CH3Br/c16-10(17)3-8-15-6-1-9(2-7-15)11-12-4-5-13-14-11;1-2/h1-2,4-7H,3,8H2;1H3/p+1. The van der Waals surface area contributed by atoms with E-state index >= 15 is 0 Å². The summed E-state index contributed by atoms with van der Waals surface area (Å²) in [6.45, 7) is 0.448. The van der Waals surface area contributed by atoms with E-state index in [1.54, 1.807) is 23.2 Å². The van der Waals surface area contributed by atoms with Crippen LogP contribution in [0.5, 0.6) is 0 Å². The maximum Gasteiger partial charge on any atom is 0.309 e. The van der Waals surface area contributed by atoms with Gasteiger partial charge in [-0.2, -0.15) is 5.10 Å². The molecule has 100 valence electrons. The minimum absolute atomic E-state index is 0.105. The number of aryl methyl sites for hydroxylation is 1. The number of carboxylic acid groups (broad SMARTS) is 1. The number of aromatic nitrogens is 4. The molecule has 1 N–H and O–H groups in total. The zero-order valence-electron chi connectivity index (χ0n) is 10.4. The fourth-order valence-electron chi connectivity index (χ4n) is 1.36. The predicted molar refractivity (Wildman–Crippen MR) is 72.6 cm³/mol. The summed E-state index contributed by atoms with van der Waals surface area (Å²) in [6.07, 6.45) is 6.80. The summed E-state index contributed by atoms with van der Waals surface area (Å²) in [7, 11) is 0. The maximum atomic E-state index is 10.4. The second-order valence-corrected chi connectivity index (χ2v) is 3.43. The molecule has 0 aliphatic carbocycles. The molecule has 0 fully saturated rings. The van der Waals surface area contributed by atoms with Crippen LogP contribution in [0.3, 0.4) is 0 Å². The number of halogens is 1. The Morgan fingerprint density at radius 3 is 2.53 bits per heavy atom. The lowest BCUT2D eigenvalue weighted by Gasteiger charge is -1.97. The third-order valence-electron chi connectivity index (χ3n) is 2.22. The molecule has 0 bridgehead atoms. The summed E-state index contributed by atoms with van der Waals surface area (Å²) in [4.78, 5) is 14.5. The quantitative estimate of drug-likeness (QED) is 0.677. The summed E-state index contributed by atoms with van der Waals surface area (Å²) in [6, 6.07) is 3.66. The molecule has 6 nitrogen and oxygen atoms in total. The maximum absolute atomic E-state index is 10.4. The van der Waals surface area contributed by atoms with Gasteiger partial charge in [-0.15, -0.1) is 5.10 Å². The average Bonchev–Trinajstić information content (AvgIpc) is 2.49. The number of carboxylic acids is 1. The molecule has 0 radical (unpaired) electrons. The number of carbonyl (C=O) groups is 1. The van der Waals surface area contributed by atoms with Crippen molar-refractivity contribution in [2.45, 2.75) is 13.0 Å². The van der Waals surface area contributed by atoms with E-state index in [0.717, 1.165) is 5.56 Å². The van der Waals surface area contributed by atoms with Crippen molar-refractivity contribution in [1.29, 1.82) is 0 Å². The number of pyridine rings is 1. The highest BCUT2D eigenvalue weighted by Crippen LogP contribution is 2.09. The molecule has 0 saturated carbocycles. The number of rotatable bonds is 4. The molecule has 0 unspecified atom stereocenters. The first-order chi connectivity index (χ1) is 9.25. The third-order valence-corrected chi connectivity index (χ3v) is 2.22. The fourth-order valence-corrected chi connectivity index (χ4v) is 1.36. The van der Waals surface area contributed by atoms with Crippen molar-refractivity contribution < 1.29 is 14.5 Å². The van der Waals surface area contributed by atoms with Gasteiger partial charge < -0.3 is 5.11 Å². The van der Waals surface area contributed by atoms with E-state index < -0.39 is 5.97 Å². The highest BCUT2D eigenvalue weighted by atomic mass is 79.9.